The van der Waals surface area contributed by atoms with Crippen molar-refractivity contribution in [2.24, 2.45) is 0 Å². The van der Waals surface area contributed by atoms with E-state index in [2.05, 4.69) is 36.2 Å². The van der Waals surface area contributed by atoms with Crippen molar-refractivity contribution in [1.82, 2.24) is 15.0 Å². The molecule has 0 saturated heterocycles. The molecule has 5 rings (SSSR count). The van der Waals surface area contributed by atoms with Gasteiger partial charge in [0.2, 0.25) is 0 Å². The molecule has 8 nitrogen and oxygen atoms in total. The number of aryl methyl sites for hydroxylation is 1. The maximum Gasteiger partial charge on any atom is 0.154 e. The summed E-state index contributed by atoms with van der Waals surface area (Å²) >= 11 is 4.97. The second kappa shape index (κ2) is 14.7. The van der Waals surface area contributed by atoms with Crippen molar-refractivity contribution in [3.63, 3.8) is 0 Å². The Hall–Kier alpha value is -3.52. The fraction of sp³-hybridized carbons (Fsp3) is 0.281. The van der Waals surface area contributed by atoms with Crippen LogP contribution in [0.3, 0.4) is 0 Å². The fourth-order valence-corrected chi connectivity index (χ4v) is 6.54. The molecule has 0 aliphatic heterocycles. The van der Waals surface area contributed by atoms with Crippen LogP contribution in [-0.4, -0.2) is 47.6 Å². The number of halogens is 3. The van der Waals surface area contributed by atoms with Crippen LogP contribution < -0.4 is 10.1 Å². The number of thiazole rings is 1. The molecule has 0 fully saturated rings. The number of hydrogen-bond donors (Lipinski definition) is 1. The maximum absolute atomic E-state index is 15.2. The van der Waals surface area contributed by atoms with E-state index < -0.39 is 20.9 Å². The number of sulfone groups is 1. The zero-order valence-corrected chi connectivity index (χ0v) is 27.8. The summed E-state index contributed by atoms with van der Waals surface area (Å²) in [4.78, 5) is 13.3. The summed E-state index contributed by atoms with van der Waals surface area (Å²) in [5.41, 5.74) is 2.71. The normalized spacial score (nSPS) is 11.8. The van der Waals surface area contributed by atoms with E-state index in [-0.39, 0.29) is 24.8 Å². The van der Waals surface area contributed by atoms with Crippen molar-refractivity contribution in [3.05, 3.63) is 93.0 Å². The lowest BCUT2D eigenvalue weighted by Gasteiger charge is -2.13. The fourth-order valence-electron chi connectivity index (χ4n) is 4.38. The molecule has 0 amide bonds. The van der Waals surface area contributed by atoms with Crippen LogP contribution in [0.15, 0.2) is 70.8 Å². The molecule has 0 radical (unpaired) electrons. The molecule has 0 spiro atoms. The summed E-state index contributed by atoms with van der Waals surface area (Å²) in [5.74, 6) is 0.325. The molecule has 45 heavy (non-hydrogen) atoms. The van der Waals surface area contributed by atoms with E-state index >= 15 is 4.39 Å². The molecule has 13 heteroatoms. The van der Waals surface area contributed by atoms with Gasteiger partial charge in [-0.15, -0.1) is 11.3 Å². The van der Waals surface area contributed by atoms with Gasteiger partial charge in [-0.2, -0.15) is 0 Å². The molecule has 2 aromatic heterocycles. The summed E-state index contributed by atoms with van der Waals surface area (Å²) in [6.07, 6.45) is 2.67. The van der Waals surface area contributed by atoms with Gasteiger partial charge in [0, 0.05) is 41.1 Å². The molecule has 1 N–H and O–H groups in total. The van der Waals surface area contributed by atoms with Gasteiger partial charge in [-0.05, 0) is 78.2 Å². The number of rotatable bonds is 14. The van der Waals surface area contributed by atoms with Crippen LogP contribution in [0.2, 0.25) is 0 Å². The number of aromatic nitrogens is 3. The quantitative estimate of drug-likeness (QED) is 0.116. The predicted octanol–water partition coefficient (Wildman–Crippen LogP) is 7.89. The molecule has 0 aliphatic rings. The molecular formula is C32H31BrF2N4O4S2. The average molecular weight is 718 g/mol. The van der Waals surface area contributed by atoms with Crippen LogP contribution in [0.4, 0.5) is 20.3 Å². The largest absolute Gasteiger partial charge is 0.488 e. The average Bonchev–Trinajstić information content (AvgIpc) is 3.47. The minimum Gasteiger partial charge on any atom is -0.488 e. The zero-order valence-electron chi connectivity index (χ0n) is 24.6. The second-order valence-electron chi connectivity index (χ2n) is 10.5. The first-order valence-electron chi connectivity index (χ1n) is 14.2. The Bertz CT molecular complexity index is 1900. The molecule has 2 heterocycles. The van der Waals surface area contributed by atoms with E-state index in [0.29, 0.717) is 68.9 Å². The molecular weight excluding hydrogens is 686 g/mol. The first kappa shape index (κ1) is 32.9. The molecule has 0 bridgehead atoms. The van der Waals surface area contributed by atoms with E-state index in [1.54, 1.807) is 38.1 Å². The van der Waals surface area contributed by atoms with Gasteiger partial charge in [0.05, 0.1) is 38.3 Å². The molecule has 5 aromatic rings. The Morgan fingerprint density at radius 1 is 1.04 bits per heavy atom. The summed E-state index contributed by atoms with van der Waals surface area (Å²) in [5, 5.41) is 6.12. The lowest BCUT2D eigenvalue weighted by Crippen LogP contribution is -2.21. The SMILES string of the molecule is CC(C)S(=O)(=O)CCOCCCc1nc(-c2cc3c(Nc4ccc(OCc5cccc(F)c5)c(Br)c4)ncnc3cc2F)cs1. The van der Waals surface area contributed by atoms with Crippen LogP contribution in [0.1, 0.15) is 30.8 Å². The monoisotopic (exact) mass is 716 g/mol. The smallest absolute Gasteiger partial charge is 0.154 e. The number of benzene rings is 3. The number of anilines is 2. The third-order valence-electron chi connectivity index (χ3n) is 6.94. The first-order chi connectivity index (χ1) is 21.6. The molecule has 236 valence electrons. The topological polar surface area (TPSA) is 103 Å². The van der Waals surface area contributed by atoms with Gasteiger partial charge >= 0.3 is 0 Å². The van der Waals surface area contributed by atoms with E-state index in [0.717, 1.165) is 5.01 Å². The zero-order chi connectivity index (χ0) is 32.0. The van der Waals surface area contributed by atoms with Crippen LogP contribution in [0.5, 0.6) is 5.75 Å². The highest BCUT2D eigenvalue weighted by Gasteiger charge is 2.17. The van der Waals surface area contributed by atoms with Gasteiger partial charge in [0.1, 0.15) is 36.1 Å². The summed E-state index contributed by atoms with van der Waals surface area (Å²) in [6.45, 7) is 4.11. The number of ether oxygens (including phenoxy) is 2. The van der Waals surface area contributed by atoms with Gasteiger partial charge in [-0.25, -0.2) is 32.2 Å². The lowest BCUT2D eigenvalue weighted by molar-refractivity contribution is 0.146. The van der Waals surface area contributed by atoms with Crippen molar-refractivity contribution in [3.8, 4) is 17.0 Å². The van der Waals surface area contributed by atoms with Crippen LogP contribution in [0, 0.1) is 11.6 Å². The van der Waals surface area contributed by atoms with Gasteiger partial charge < -0.3 is 14.8 Å². The van der Waals surface area contributed by atoms with E-state index in [1.807, 2.05) is 17.5 Å². The molecule has 0 aliphatic carbocycles. The lowest BCUT2D eigenvalue weighted by atomic mass is 10.1. The Morgan fingerprint density at radius 2 is 1.89 bits per heavy atom. The minimum absolute atomic E-state index is 0.00286. The molecule has 0 unspecified atom stereocenters. The Labute approximate surface area is 272 Å². The number of fused-ring (bicyclic) bond motifs is 1. The Morgan fingerprint density at radius 3 is 2.67 bits per heavy atom. The van der Waals surface area contributed by atoms with Gasteiger partial charge in [-0.1, -0.05) is 12.1 Å². The summed E-state index contributed by atoms with van der Waals surface area (Å²) < 4.78 is 64.5. The highest BCUT2D eigenvalue weighted by molar-refractivity contribution is 9.10. The highest BCUT2D eigenvalue weighted by atomic mass is 79.9. The maximum atomic E-state index is 15.2. The minimum atomic E-state index is -3.12. The van der Waals surface area contributed by atoms with Gasteiger partial charge in [-0.3, -0.25) is 0 Å². The third-order valence-corrected chi connectivity index (χ3v) is 10.6. The van der Waals surface area contributed by atoms with E-state index in [1.165, 1.54) is 35.9 Å². The number of nitrogens with zero attached hydrogens (tertiary/aromatic N) is 3. The van der Waals surface area contributed by atoms with Crippen molar-refractivity contribution in [2.75, 3.05) is 24.3 Å². The molecule has 0 saturated carbocycles. The van der Waals surface area contributed by atoms with Crippen molar-refractivity contribution in [1.29, 1.82) is 0 Å². The van der Waals surface area contributed by atoms with Crippen molar-refractivity contribution in [2.45, 2.75) is 38.5 Å². The standard InChI is InChI=1S/C32H31BrF2N4O4S2/c1-20(2)45(40,41)12-11-42-10-4-7-31-39-29(18-44-31)24-15-25-28(16-27(24)35)36-19-37-32(25)38-23-8-9-30(26(33)14-23)43-17-21-5-3-6-22(34)13-21/h3,5-6,8-9,13-16,18-20H,4,7,10-12,17H2,1-2H3,(H,36,37,38). The third kappa shape index (κ3) is 8.60. The van der Waals surface area contributed by atoms with Crippen molar-refractivity contribution >= 4 is 59.5 Å². The van der Waals surface area contributed by atoms with Crippen LogP contribution >= 0.6 is 27.3 Å². The summed E-state index contributed by atoms with van der Waals surface area (Å²) in [6, 6.07) is 14.7. The van der Waals surface area contributed by atoms with Gasteiger partial charge in [0.25, 0.3) is 0 Å². The number of nitrogens with one attached hydrogen (secondary N) is 1. The Kier molecular flexibility index (Phi) is 10.7. The summed E-state index contributed by atoms with van der Waals surface area (Å²) in [7, 11) is -3.12. The Balaban J connectivity index is 1.24. The molecule has 0 atom stereocenters. The van der Waals surface area contributed by atoms with Crippen LogP contribution in [0.25, 0.3) is 22.2 Å². The highest BCUT2D eigenvalue weighted by Crippen LogP contribution is 2.34. The van der Waals surface area contributed by atoms with Crippen molar-refractivity contribution < 1.29 is 26.7 Å². The first-order valence-corrected chi connectivity index (χ1v) is 17.6. The van der Waals surface area contributed by atoms with E-state index in [9.17, 15) is 12.8 Å². The second-order valence-corrected chi connectivity index (χ2v) is 15.0. The van der Waals surface area contributed by atoms with Crippen LogP contribution in [-0.2, 0) is 27.6 Å². The van der Waals surface area contributed by atoms with E-state index in [4.69, 9.17) is 9.47 Å². The molecule has 3 aromatic carbocycles. The number of hydrogen-bond acceptors (Lipinski definition) is 9. The van der Waals surface area contributed by atoms with Gasteiger partial charge in [0.15, 0.2) is 9.84 Å². The predicted molar refractivity (Wildman–Crippen MR) is 177 cm³/mol.